The van der Waals surface area contributed by atoms with Crippen LogP contribution in [0.1, 0.15) is 30.5 Å². The molecule has 4 aromatic carbocycles. The van der Waals surface area contributed by atoms with Crippen molar-refractivity contribution in [3.63, 3.8) is 0 Å². The Labute approximate surface area is 300 Å². The van der Waals surface area contributed by atoms with E-state index in [0.29, 0.717) is 10.6 Å². The molecule has 51 heavy (non-hydrogen) atoms. The second kappa shape index (κ2) is 14.0. The van der Waals surface area contributed by atoms with Crippen molar-refractivity contribution in [3.8, 4) is 44.8 Å². The fourth-order valence-electron chi connectivity index (χ4n) is 5.90. The van der Waals surface area contributed by atoms with Crippen molar-refractivity contribution in [3.05, 3.63) is 168 Å². The van der Waals surface area contributed by atoms with Crippen LogP contribution in [0, 0.1) is 12.7 Å². The second-order valence-electron chi connectivity index (χ2n) is 13.1. The van der Waals surface area contributed by atoms with Crippen molar-refractivity contribution >= 4 is 22.9 Å². The summed E-state index contributed by atoms with van der Waals surface area (Å²) in [5, 5.41) is 20.3. The van der Waals surface area contributed by atoms with Gasteiger partial charge in [0.2, 0.25) is 0 Å². The summed E-state index contributed by atoms with van der Waals surface area (Å²) in [4.78, 5) is 9.26. The molecule has 254 valence electrons. The summed E-state index contributed by atoms with van der Waals surface area (Å²) in [6, 6.07) is 36.6. The van der Waals surface area contributed by atoms with E-state index >= 15 is 0 Å². The number of aromatic nitrogens is 4. The zero-order valence-corrected chi connectivity index (χ0v) is 29.2. The molecule has 0 aliphatic carbocycles. The molecule has 0 aliphatic rings. The van der Waals surface area contributed by atoms with E-state index < -0.39 is 5.60 Å². The highest BCUT2D eigenvalue weighted by molar-refractivity contribution is 6.30. The monoisotopic (exact) mass is 694 g/mol. The molecule has 2 N–H and O–H groups in total. The van der Waals surface area contributed by atoms with E-state index in [-0.39, 0.29) is 12.4 Å². The fraction of sp³-hybridized carbons (Fsp3) is 0.116. The van der Waals surface area contributed by atoms with Gasteiger partial charge in [0, 0.05) is 40.9 Å². The number of hydrogen-bond donors (Lipinski definition) is 2. The average molecular weight is 695 g/mol. The van der Waals surface area contributed by atoms with Crippen molar-refractivity contribution in [1.82, 2.24) is 18.8 Å². The van der Waals surface area contributed by atoms with Gasteiger partial charge in [0.1, 0.15) is 17.1 Å². The molecule has 4 aromatic heterocycles. The average Bonchev–Trinajstić information content (AvgIpc) is 3.77. The molecule has 0 fully saturated rings. The Hall–Kier alpha value is -5.60. The second-order valence-corrected chi connectivity index (χ2v) is 13.5. The minimum absolute atomic E-state index is 0.0182. The van der Waals surface area contributed by atoms with Gasteiger partial charge in [-0.25, -0.2) is 14.4 Å². The number of imidazole rings is 2. The van der Waals surface area contributed by atoms with Crippen LogP contribution in [0.2, 0.25) is 5.02 Å². The topological polar surface area (TPSA) is 75.1 Å². The summed E-state index contributed by atoms with van der Waals surface area (Å²) in [6.07, 6.45) is 7.97. The van der Waals surface area contributed by atoms with Crippen LogP contribution >= 0.6 is 11.6 Å². The third-order valence-electron chi connectivity index (χ3n) is 8.85. The number of benzene rings is 4. The Balaban J connectivity index is 0.000000159. The maximum absolute atomic E-state index is 13.8. The van der Waals surface area contributed by atoms with Gasteiger partial charge < -0.3 is 19.0 Å². The maximum atomic E-state index is 13.8. The minimum atomic E-state index is -0.864. The summed E-state index contributed by atoms with van der Waals surface area (Å²) >= 11 is 5.97. The van der Waals surface area contributed by atoms with Crippen molar-refractivity contribution < 1.29 is 14.6 Å². The third-order valence-corrected chi connectivity index (χ3v) is 9.11. The van der Waals surface area contributed by atoms with Gasteiger partial charge in [0.25, 0.3) is 0 Å². The first kappa shape index (κ1) is 33.9. The molecule has 0 saturated carbocycles. The van der Waals surface area contributed by atoms with Gasteiger partial charge in [-0.1, -0.05) is 72.3 Å². The molecule has 8 rings (SSSR count). The molecular weight excluding hydrogens is 659 g/mol. The van der Waals surface area contributed by atoms with E-state index in [1.165, 1.54) is 6.07 Å². The Morgan fingerprint density at radius 1 is 0.627 bits per heavy atom. The zero-order chi connectivity index (χ0) is 35.7. The molecule has 6 nitrogen and oxygen atoms in total. The van der Waals surface area contributed by atoms with Crippen LogP contribution in [0.5, 0.6) is 0 Å². The van der Waals surface area contributed by atoms with Gasteiger partial charge in [0.05, 0.1) is 23.6 Å². The van der Waals surface area contributed by atoms with Crippen molar-refractivity contribution in [2.45, 2.75) is 33.0 Å². The van der Waals surface area contributed by atoms with E-state index in [4.69, 9.17) is 11.6 Å². The summed E-state index contributed by atoms with van der Waals surface area (Å²) in [7, 11) is 0. The Kier molecular flexibility index (Phi) is 9.27. The van der Waals surface area contributed by atoms with Gasteiger partial charge in [-0.15, -0.1) is 0 Å². The fourth-order valence-corrected chi connectivity index (χ4v) is 6.03. The highest BCUT2D eigenvalue weighted by Crippen LogP contribution is 2.29. The Morgan fingerprint density at radius 2 is 1.18 bits per heavy atom. The number of aliphatic hydroxyl groups is 2. The lowest BCUT2D eigenvalue weighted by molar-refractivity contribution is 0.0786. The van der Waals surface area contributed by atoms with E-state index in [0.717, 1.165) is 67.2 Å². The van der Waals surface area contributed by atoms with Gasteiger partial charge in [-0.3, -0.25) is 0 Å². The van der Waals surface area contributed by atoms with Gasteiger partial charge in [-0.2, -0.15) is 0 Å². The van der Waals surface area contributed by atoms with Crippen molar-refractivity contribution in [1.29, 1.82) is 0 Å². The SMILES string of the molecule is CC(C)(O)c1cccc(-c2ccc3nc(-c4ccc(Cl)cc4)cn3c2)c1.Cc1ccc(-c2cn3cc(-c4cccc(CO)c4)ccc3n2)cc1F. The zero-order valence-electron chi connectivity index (χ0n) is 28.4. The van der Waals surface area contributed by atoms with E-state index in [1.54, 1.807) is 26.8 Å². The van der Waals surface area contributed by atoms with Crippen LogP contribution in [0.3, 0.4) is 0 Å². The molecule has 0 amide bonds. The molecule has 0 radical (unpaired) electrons. The molecule has 4 heterocycles. The maximum Gasteiger partial charge on any atom is 0.137 e. The summed E-state index contributed by atoms with van der Waals surface area (Å²) in [6.45, 7) is 5.35. The molecular formula is C43H36ClFN4O2. The molecule has 0 aliphatic heterocycles. The van der Waals surface area contributed by atoms with E-state index in [2.05, 4.69) is 22.2 Å². The molecule has 0 unspecified atom stereocenters. The van der Waals surface area contributed by atoms with Crippen LogP contribution < -0.4 is 0 Å². The van der Waals surface area contributed by atoms with Gasteiger partial charge in [0.15, 0.2) is 0 Å². The van der Waals surface area contributed by atoms with Crippen LogP contribution in [0.4, 0.5) is 4.39 Å². The van der Waals surface area contributed by atoms with Gasteiger partial charge in [-0.05, 0) is 114 Å². The molecule has 0 saturated heterocycles. The first-order valence-electron chi connectivity index (χ1n) is 16.6. The number of aryl methyl sites for hydroxylation is 1. The summed E-state index contributed by atoms with van der Waals surface area (Å²) in [5.41, 5.74) is 10.8. The number of aliphatic hydroxyl groups excluding tert-OH is 1. The van der Waals surface area contributed by atoms with Crippen LogP contribution in [0.15, 0.2) is 140 Å². The van der Waals surface area contributed by atoms with Crippen molar-refractivity contribution in [2.75, 3.05) is 0 Å². The first-order chi connectivity index (χ1) is 24.5. The summed E-state index contributed by atoms with van der Waals surface area (Å²) < 4.78 is 17.8. The van der Waals surface area contributed by atoms with Crippen LogP contribution in [-0.4, -0.2) is 29.0 Å². The lowest BCUT2D eigenvalue weighted by atomic mass is 9.95. The number of pyridine rings is 2. The number of nitrogens with zero attached hydrogens (tertiary/aromatic N) is 4. The van der Waals surface area contributed by atoms with Gasteiger partial charge >= 0.3 is 0 Å². The van der Waals surface area contributed by atoms with E-state index in [1.807, 2.05) is 124 Å². The van der Waals surface area contributed by atoms with Crippen LogP contribution in [-0.2, 0) is 12.2 Å². The highest BCUT2D eigenvalue weighted by Gasteiger charge is 2.16. The predicted octanol–water partition coefficient (Wildman–Crippen LogP) is 10.2. The van der Waals surface area contributed by atoms with Crippen molar-refractivity contribution in [2.24, 2.45) is 0 Å². The molecule has 0 atom stereocenters. The Morgan fingerprint density at radius 3 is 1.76 bits per heavy atom. The largest absolute Gasteiger partial charge is 0.392 e. The molecule has 8 heteroatoms. The normalized spacial score (nSPS) is 11.5. The molecule has 8 aromatic rings. The number of fused-ring (bicyclic) bond motifs is 2. The van der Waals surface area contributed by atoms with Crippen LogP contribution in [0.25, 0.3) is 56.1 Å². The number of rotatable bonds is 6. The summed E-state index contributed by atoms with van der Waals surface area (Å²) in [5.74, 6) is -0.226. The highest BCUT2D eigenvalue weighted by atomic mass is 35.5. The number of halogens is 2. The third kappa shape index (κ3) is 7.47. The number of hydrogen-bond acceptors (Lipinski definition) is 4. The lowest BCUT2D eigenvalue weighted by Gasteiger charge is -2.18. The molecule has 0 spiro atoms. The standard InChI is InChI=1S/C22H19ClN2O.C21H17FN2O/c1-22(2,26)18-5-3-4-16(12-18)17-8-11-21-24-20(14-25(21)13-17)15-6-9-19(23)10-7-15;1-14-5-6-17(10-19(14)22)20-12-24-11-18(7-8-21(24)23-20)16-4-2-3-15(9-16)13-25/h3-14,26H,1-2H3;2-12,25H,13H2,1H3. The first-order valence-corrected chi connectivity index (χ1v) is 17.0. The smallest absolute Gasteiger partial charge is 0.137 e. The quantitative estimate of drug-likeness (QED) is 0.182. The lowest BCUT2D eigenvalue weighted by Crippen LogP contribution is -2.15. The minimum Gasteiger partial charge on any atom is -0.392 e. The molecule has 0 bridgehead atoms. The predicted molar refractivity (Wildman–Crippen MR) is 203 cm³/mol. The Bertz CT molecular complexity index is 2500. The van der Waals surface area contributed by atoms with E-state index in [9.17, 15) is 14.6 Å².